The Bertz CT molecular complexity index is 1600. The summed E-state index contributed by atoms with van der Waals surface area (Å²) in [4.78, 5) is 7.32. The molecule has 0 amide bonds. The Morgan fingerprint density at radius 3 is 2.38 bits per heavy atom. The molecule has 2 N–H and O–H groups in total. The molecule has 5 aromatic rings. The highest BCUT2D eigenvalue weighted by Gasteiger charge is 2.24. The normalized spacial score (nSPS) is 18.7. The fourth-order valence-electron chi connectivity index (χ4n) is 5.74. The van der Waals surface area contributed by atoms with Crippen LogP contribution in [0.4, 0.5) is 0 Å². The Hall–Kier alpha value is -3.71. The van der Waals surface area contributed by atoms with Gasteiger partial charge in [0.25, 0.3) is 0 Å². The number of ether oxygens (including phenoxy) is 1. The summed E-state index contributed by atoms with van der Waals surface area (Å²) in [6, 6.07) is 20.3. The number of likely N-dealkylation sites (tertiary alicyclic amines) is 1. The first-order valence-corrected chi connectivity index (χ1v) is 14.1. The Balaban J connectivity index is 1.22. The quantitative estimate of drug-likeness (QED) is 0.248. The molecule has 3 heterocycles. The molecule has 1 aliphatic rings. The van der Waals surface area contributed by atoms with E-state index in [9.17, 15) is 0 Å². The van der Waals surface area contributed by atoms with Crippen LogP contribution in [0, 0.1) is 0 Å². The number of hydrogen-bond acceptors (Lipinski definition) is 5. The van der Waals surface area contributed by atoms with Crippen molar-refractivity contribution >= 4 is 21.7 Å². The molecule has 2 aromatic heterocycles. The van der Waals surface area contributed by atoms with Crippen LogP contribution in [0.3, 0.4) is 0 Å². The summed E-state index contributed by atoms with van der Waals surface area (Å²) in [5.41, 5.74) is 3.86. The van der Waals surface area contributed by atoms with Gasteiger partial charge in [-0.2, -0.15) is 10.2 Å². The lowest BCUT2D eigenvalue weighted by molar-refractivity contribution is 0.0852. The summed E-state index contributed by atoms with van der Waals surface area (Å²) in [5, 5.41) is 18.8. The maximum absolute atomic E-state index is 6.18. The smallest absolute Gasteiger partial charge is 0.181 e. The van der Waals surface area contributed by atoms with E-state index in [4.69, 9.17) is 9.72 Å². The van der Waals surface area contributed by atoms with Gasteiger partial charge in [-0.25, -0.2) is 4.98 Å². The summed E-state index contributed by atoms with van der Waals surface area (Å²) >= 11 is 0. The van der Waals surface area contributed by atoms with Crippen molar-refractivity contribution in [2.75, 3.05) is 13.2 Å². The van der Waals surface area contributed by atoms with Gasteiger partial charge in [-0.05, 0) is 73.9 Å². The second-order valence-corrected chi connectivity index (χ2v) is 12.0. The van der Waals surface area contributed by atoms with E-state index in [1.165, 1.54) is 19.3 Å². The van der Waals surface area contributed by atoms with Crippen molar-refractivity contribution in [1.29, 1.82) is 0 Å². The first-order chi connectivity index (χ1) is 18.8. The van der Waals surface area contributed by atoms with Crippen LogP contribution in [0.1, 0.15) is 59.7 Å². The zero-order valence-corrected chi connectivity index (χ0v) is 23.6. The lowest BCUT2D eigenvalue weighted by Crippen LogP contribution is -2.45. The van der Waals surface area contributed by atoms with E-state index in [1.54, 1.807) is 0 Å². The van der Waals surface area contributed by atoms with Gasteiger partial charge in [-0.15, -0.1) is 0 Å². The van der Waals surface area contributed by atoms with Crippen molar-refractivity contribution in [2.45, 2.75) is 71.4 Å². The number of benzene rings is 3. The second kappa shape index (κ2) is 10.1. The minimum absolute atomic E-state index is 0.0867. The van der Waals surface area contributed by atoms with Crippen molar-refractivity contribution in [2.24, 2.45) is 0 Å². The van der Waals surface area contributed by atoms with Gasteiger partial charge in [0.1, 0.15) is 18.2 Å². The highest BCUT2D eigenvalue weighted by molar-refractivity contribution is 5.97. The standard InChI is InChI=1S/C32H38N6O/c1-20-7-6-8-21(2)38(20)15-16-39-26-13-11-22-17-24(10-9-23(22)18-26)29-27-19-25(12-14-28(27)34-35-29)30-33-31(37-36-30)32(3,4)5/h9-14,17-21H,6-8,15-16H2,1-5H3,(H,34,35)(H,33,36,37). The molecule has 6 rings (SSSR count). The molecule has 39 heavy (non-hydrogen) atoms. The monoisotopic (exact) mass is 522 g/mol. The van der Waals surface area contributed by atoms with Crippen LogP contribution in [0.15, 0.2) is 54.6 Å². The summed E-state index contributed by atoms with van der Waals surface area (Å²) in [6.07, 6.45) is 3.90. The Labute approximate surface area is 230 Å². The van der Waals surface area contributed by atoms with Gasteiger partial charge in [0.05, 0.1) is 11.2 Å². The van der Waals surface area contributed by atoms with Crippen molar-refractivity contribution in [1.82, 2.24) is 30.3 Å². The van der Waals surface area contributed by atoms with Crippen LogP contribution < -0.4 is 4.74 Å². The minimum Gasteiger partial charge on any atom is -0.492 e. The topological polar surface area (TPSA) is 82.7 Å². The summed E-state index contributed by atoms with van der Waals surface area (Å²) in [6.45, 7) is 12.7. The van der Waals surface area contributed by atoms with Crippen molar-refractivity contribution in [3.63, 3.8) is 0 Å². The lowest BCUT2D eigenvalue weighted by atomic mass is 9.96. The molecule has 2 unspecified atom stereocenters. The molecule has 1 fully saturated rings. The third kappa shape index (κ3) is 5.15. The fourth-order valence-corrected chi connectivity index (χ4v) is 5.74. The maximum Gasteiger partial charge on any atom is 0.181 e. The molecule has 0 saturated carbocycles. The van der Waals surface area contributed by atoms with Crippen molar-refractivity contribution in [3.05, 3.63) is 60.4 Å². The van der Waals surface area contributed by atoms with Gasteiger partial charge in [0.15, 0.2) is 5.82 Å². The van der Waals surface area contributed by atoms with Crippen LogP contribution in [0.2, 0.25) is 0 Å². The van der Waals surface area contributed by atoms with Crippen molar-refractivity contribution < 1.29 is 4.74 Å². The third-order valence-electron chi connectivity index (χ3n) is 8.10. The molecule has 2 atom stereocenters. The zero-order valence-electron chi connectivity index (χ0n) is 23.6. The molecular formula is C32H38N6O. The van der Waals surface area contributed by atoms with Crippen LogP contribution in [0.5, 0.6) is 5.75 Å². The molecule has 0 radical (unpaired) electrons. The Morgan fingerprint density at radius 1 is 0.872 bits per heavy atom. The molecule has 202 valence electrons. The number of nitrogens with one attached hydrogen (secondary N) is 2. The lowest BCUT2D eigenvalue weighted by Gasteiger charge is -2.38. The van der Waals surface area contributed by atoms with E-state index in [0.717, 1.165) is 56.6 Å². The van der Waals surface area contributed by atoms with Crippen LogP contribution in [0.25, 0.3) is 44.3 Å². The molecule has 0 bridgehead atoms. The number of hydrogen-bond donors (Lipinski definition) is 2. The highest BCUT2D eigenvalue weighted by Crippen LogP contribution is 2.33. The first kappa shape index (κ1) is 25.6. The number of aromatic nitrogens is 5. The van der Waals surface area contributed by atoms with Crippen LogP contribution in [-0.2, 0) is 5.41 Å². The largest absolute Gasteiger partial charge is 0.492 e. The molecule has 7 heteroatoms. The molecule has 1 saturated heterocycles. The van der Waals surface area contributed by atoms with Gasteiger partial charge >= 0.3 is 0 Å². The van der Waals surface area contributed by atoms with E-state index in [1.807, 2.05) is 12.1 Å². The van der Waals surface area contributed by atoms with Gasteiger partial charge in [0, 0.05) is 40.6 Å². The number of piperidine rings is 1. The van der Waals surface area contributed by atoms with Gasteiger partial charge in [-0.1, -0.05) is 45.4 Å². The molecule has 7 nitrogen and oxygen atoms in total. The van der Waals surface area contributed by atoms with Crippen LogP contribution in [-0.4, -0.2) is 55.5 Å². The summed E-state index contributed by atoms with van der Waals surface area (Å²) in [7, 11) is 0. The SMILES string of the molecule is CC1CCCC(C)N1CCOc1ccc2cc(-c3n[nH]c4ccc(-c5n[nH]c(C(C)(C)C)n5)cc34)ccc2c1. The highest BCUT2D eigenvalue weighted by atomic mass is 16.5. The number of fused-ring (bicyclic) bond motifs is 2. The molecular weight excluding hydrogens is 484 g/mol. The number of nitrogens with zero attached hydrogens (tertiary/aromatic N) is 4. The van der Waals surface area contributed by atoms with Crippen LogP contribution >= 0.6 is 0 Å². The predicted octanol–water partition coefficient (Wildman–Crippen LogP) is 7.11. The average Bonchev–Trinajstić information content (AvgIpc) is 3.58. The Morgan fingerprint density at radius 2 is 1.62 bits per heavy atom. The van der Waals surface area contributed by atoms with Gasteiger partial charge in [-0.3, -0.25) is 15.1 Å². The number of aromatic amines is 2. The maximum atomic E-state index is 6.18. The second-order valence-electron chi connectivity index (χ2n) is 12.0. The predicted molar refractivity (Wildman–Crippen MR) is 158 cm³/mol. The van der Waals surface area contributed by atoms with Gasteiger partial charge < -0.3 is 4.74 Å². The molecule has 1 aliphatic heterocycles. The molecule has 0 spiro atoms. The third-order valence-corrected chi connectivity index (χ3v) is 8.10. The molecule has 0 aliphatic carbocycles. The number of rotatable bonds is 6. The van der Waals surface area contributed by atoms with E-state index >= 15 is 0 Å². The van der Waals surface area contributed by atoms with E-state index in [2.05, 4.69) is 102 Å². The van der Waals surface area contributed by atoms with Gasteiger partial charge in [0.2, 0.25) is 0 Å². The fraction of sp³-hybridized carbons (Fsp3) is 0.406. The first-order valence-electron chi connectivity index (χ1n) is 14.1. The summed E-state index contributed by atoms with van der Waals surface area (Å²) < 4.78 is 6.18. The van der Waals surface area contributed by atoms with E-state index in [-0.39, 0.29) is 5.41 Å². The summed E-state index contributed by atoms with van der Waals surface area (Å²) in [5.74, 6) is 2.49. The Kier molecular flexibility index (Phi) is 6.63. The number of H-pyrrole nitrogens is 2. The van der Waals surface area contributed by atoms with Crippen molar-refractivity contribution in [3.8, 4) is 28.4 Å². The minimum atomic E-state index is -0.0867. The van der Waals surface area contributed by atoms with E-state index in [0.29, 0.717) is 24.5 Å². The zero-order chi connectivity index (χ0) is 27.1. The average molecular weight is 523 g/mol. The van der Waals surface area contributed by atoms with E-state index < -0.39 is 0 Å². The molecule has 3 aromatic carbocycles.